The molecule has 0 radical (unpaired) electrons. The number of fused-ring (bicyclic) bond motifs is 1. The van der Waals surface area contributed by atoms with Gasteiger partial charge in [0.05, 0.1) is 37.4 Å². The summed E-state index contributed by atoms with van der Waals surface area (Å²) in [5, 5.41) is 5.84. The lowest BCUT2D eigenvalue weighted by molar-refractivity contribution is -0.142. The Bertz CT molecular complexity index is 1000. The number of benzene rings is 1. The van der Waals surface area contributed by atoms with E-state index in [0.717, 1.165) is 5.56 Å². The van der Waals surface area contributed by atoms with Crippen molar-refractivity contribution in [2.75, 3.05) is 20.1 Å². The summed E-state index contributed by atoms with van der Waals surface area (Å²) in [5.74, 6) is -0.799. The van der Waals surface area contributed by atoms with Crippen molar-refractivity contribution in [1.29, 1.82) is 0 Å². The van der Waals surface area contributed by atoms with Crippen LogP contribution in [0.5, 0.6) is 0 Å². The summed E-state index contributed by atoms with van der Waals surface area (Å²) in [5.41, 5.74) is -0.429. The molecule has 0 bridgehead atoms. The van der Waals surface area contributed by atoms with Crippen LogP contribution in [0, 0.1) is 11.2 Å². The molecule has 5 atom stereocenters. The van der Waals surface area contributed by atoms with E-state index in [0.29, 0.717) is 13.0 Å². The van der Waals surface area contributed by atoms with Crippen LogP contribution < -0.4 is 10.6 Å². The van der Waals surface area contributed by atoms with Crippen LogP contribution >= 0.6 is 0 Å². The van der Waals surface area contributed by atoms with Gasteiger partial charge in [-0.1, -0.05) is 32.9 Å². The van der Waals surface area contributed by atoms with Gasteiger partial charge in [0.1, 0.15) is 17.5 Å². The molecule has 2 N–H and O–H groups in total. The summed E-state index contributed by atoms with van der Waals surface area (Å²) in [6.45, 7) is 13.8. The summed E-state index contributed by atoms with van der Waals surface area (Å²) >= 11 is 0. The van der Waals surface area contributed by atoms with Gasteiger partial charge in [-0.05, 0) is 64.3 Å². The van der Waals surface area contributed by atoms with Crippen LogP contribution in [0.3, 0.4) is 0 Å². The summed E-state index contributed by atoms with van der Waals surface area (Å²) in [7, 11) is 1.69. The van der Waals surface area contributed by atoms with Crippen molar-refractivity contribution >= 4 is 17.9 Å². The standard InChI is InChI=1S/C28H43FN4O5/c1-17(30-8)24(34)31-23(27(2,3)4)25(35)32-14-13-20-22(32)21(15-33(20)26(36)38-28(5,6)7)37-16-18-9-11-19(29)12-10-18/h9-12,17,20-23,30H,13-16H2,1-8H3,(H,31,34)/t17-,20+,21-,22-,23+/m0/s1. The Labute approximate surface area is 225 Å². The lowest BCUT2D eigenvalue weighted by Crippen LogP contribution is -2.59. The first-order valence-electron chi connectivity index (χ1n) is 13.3. The molecule has 3 amide bonds. The highest BCUT2D eigenvalue weighted by Crippen LogP contribution is 2.36. The number of likely N-dealkylation sites (N-methyl/N-ethyl adjacent to an activating group) is 1. The van der Waals surface area contributed by atoms with Gasteiger partial charge in [-0.25, -0.2) is 9.18 Å². The Morgan fingerprint density at radius 3 is 2.26 bits per heavy atom. The third-order valence-electron chi connectivity index (χ3n) is 7.09. The highest BCUT2D eigenvalue weighted by molar-refractivity contribution is 5.90. The van der Waals surface area contributed by atoms with Crippen molar-refractivity contribution in [1.82, 2.24) is 20.4 Å². The smallest absolute Gasteiger partial charge is 0.410 e. The van der Waals surface area contributed by atoms with E-state index in [1.807, 2.05) is 41.5 Å². The Hall–Kier alpha value is -2.72. The van der Waals surface area contributed by atoms with Crippen LogP contribution in [-0.2, 0) is 25.7 Å². The second-order valence-corrected chi connectivity index (χ2v) is 12.3. The number of amides is 3. The van der Waals surface area contributed by atoms with Gasteiger partial charge < -0.3 is 29.9 Å². The zero-order valence-electron chi connectivity index (χ0n) is 23.8. The minimum absolute atomic E-state index is 0.205. The first-order chi connectivity index (χ1) is 17.6. The van der Waals surface area contributed by atoms with Crippen molar-refractivity contribution in [3.63, 3.8) is 0 Å². The van der Waals surface area contributed by atoms with E-state index in [1.165, 1.54) is 12.1 Å². The Morgan fingerprint density at radius 2 is 1.71 bits per heavy atom. The summed E-state index contributed by atoms with van der Waals surface area (Å²) in [4.78, 5) is 43.3. The average Bonchev–Trinajstić information content (AvgIpc) is 3.40. The molecular formula is C28H43FN4O5. The fourth-order valence-corrected chi connectivity index (χ4v) is 4.96. The molecule has 38 heavy (non-hydrogen) atoms. The number of carbonyl (C=O) groups is 3. The summed E-state index contributed by atoms with van der Waals surface area (Å²) in [6, 6.07) is 4.14. The maximum absolute atomic E-state index is 14.0. The molecular weight excluding hydrogens is 491 g/mol. The number of likely N-dealkylation sites (tertiary alicyclic amines) is 2. The van der Waals surface area contributed by atoms with Gasteiger partial charge in [-0.2, -0.15) is 0 Å². The minimum atomic E-state index is -0.766. The topological polar surface area (TPSA) is 100 Å². The van der Waals surface area contributed by atoms with Crippen LogP contribution in [0.25, 0.3) is 0 Å². The monoisotopic (exact) mass is 534 g/mol. The number of carbonyl (C=O) groups excluding carboxylic acids is 3. The molecule has 1 aromatic carbocycles. The van der Waals surface area contributed by atoms with E-state index in [2.05, 4.69) is 10.6 Å². The predicted molar refractivity (Wildman–Crippen MR) is 142 cm³/mol. The second kappa shape index (κ2) is 11.6. The summed E-state index contributed by atoms with van der Waals surface area (Å²) < 4.78 is 25.3. The van der Waals surface area contributed by atoms with Gasteiger partial charge in [-0.3, -0.25) is 9.59 Å². The summed E-state index contributed by atoms with van der Waals surface area (Å²) in [6.07, 6.45) is -0.348. The van der Waals surface area contributed by atoms with E-state index >= 15 is 0 Å². The van der Waals surface area contributed by atoms with Crippen LogP contribution in [0.1, 0.15) is 60.5 Å². The van der Waals surface area contributed by atoms with Crippen LogP contribution in [0.2, 0.25) is 0 Å². The molecule has 2 aliphatic heterocycles. The molecule has 0 saturated carbocycles. The number of nitrogens with one attached hydrogen (secondary N) is 2. The van der Waals surface area contributed by atoms with Crippen molar-refractivity contribution in [3.8, 4) is 0 Å². The van der Waals surface area contributed by atoms with Crippen LogP contribution in [0.4, 0.5) is 9.18 Å². The van der Waals surface area contributed by atoms with Crippen molar-refractivity contribution < 1.29 is 28.2 Å². The largest absolute Gasteiger partial charge is 0.444 e. The molecule has 2 saturated heterocycles. The lowest BCUT2D eigenvalue weighted by Gasteiger charge is -2.37. The fraction of sp³-hybridized carbons (Fsp3) is 0.679. The van der Waals surface area contributed by atoms with Gasteiger partial charge in [0.2, 0.25) is 11.8 Å². The minimum Gasteiger partial charge on any atom is -0.444 e. The normalized spacial score (nSPS) is 23.1. The molecule has 0 spiro atoms. The highest BCUT2D eigenvalue weighted by atomic mass is 19.1. The van der Waals surface area contributed by atoms with Gasteiger partial charge in [0, 0.05) is 6.54 Å². The maximum atomic E-state index is 14.0. The molecule has 212 valence electrons. The lowest BCUT2D eigenvalue weighted by atomic mass is 9.85. The van der Waals surface area contributed by atoms with E-state index in [9.17, 15) is 18.8 Å². The number of ether oxygens (including phenoxy) is 2. The third-order valence-corrected chi connectivity index (χ3v) is 7.09. The average molecular weight is 535 g/mol. The molecule has 10 heteroatoms. The molecule has 0 aromatic heterocycles. The number of hydrogen-bond donors (Lipinski definition) is 2. The van der Waals surface area contributed by atoms with Crippen LogP contribution in [-0.4, -0.2) is 83.7 Å². The maximum Gasteiger partial charge on any atom is 0.410 e. The zero-order valence-corrected chi connectivity index (χ0v) is 23.8. The Balaban J connectivity index is 1.87. The zero-order chi connectivity index (χ0) is 28.4. The molecule has 9 nitrogen and oxygen atoms in total. The number of halogens is 1. The SMILES string of the molecule is CN[C@@H](C)C(=O)N[C@H](C(=O)N1CC[C@@H]2[C@H]1[C@@H](OCc1ccc(F)cc1)CN2C(=O)OC(C)(C)C)C(C)(C)C. The first-order valence-corrected chi connectivity index (χ1v) is 13.3. The number of hydrogen-bond acceptors (Lipinski definition) is 6. The molecule has 0 unspecified atom stereocenters. The quantitative estimate of drug-likeness (QED) is 0.558. The second-order valence-electron chi connectivity index (χ2n) is 12.3. The fourth-order valence-electron chi connectivity index (χ4n) is 4.96. The molecule has 0 aliphatic carbocycles. The molecule has 1 aromatic rings. The Kier molecular flexibility index (Phi) is 9.08. The van der Waals surface area contributed by atoms with Gasteiger partial charge in [0.25, 0.3) is 0 Å². The van der Waals surface area contributed by atoms with E-state index in [4.69, 9.17) is 9.47 Å². The molecule has 2 fully saturated rings. The van der Waals surface area contributed by atoms with Crippen molar-refractivity contribution in [3.05, 3.63) is 35.6 Å². The van der Waals surface area contributed by atoms with Gasteiger partial charge in [-0.15, -0.1) is 0 Å². The highest BCUT2D eigenvalue weighted by Gasteiger charge is 2.54. The molecule has 2 aliphatic rings. The number of nitrogens with zero attached hydrogens (tertiary/aromatic N) is 2. The molecule has 3 rings (SSSR count). The van der Waals surface area contributed by atoms with E-state index < -0.39 is 41.3 Å². The van der Waals surface area contributed by atoms with E-state index in [-0.39, 0.29) is 36.8 Å². The van der Waals surface area contributed by atoms with Crippen LogP contribution in [0.15, 0.2) is 24.3 Å². The Morgan fingerprint density at radius 1 is 1.08 bits per heavy atom. The van der Waals surface area contributed by atoms with Gasteiger partial charge in [0.15, 0.2) is 0 Å². The van der Waals surface area contributed by atoms with Crippen molar-refractivity contribution in [2.45, 2.75) is 97.4 Å². The molecule has 2 heterocycles. The van der Waals surface area contributed by atoms with Crippen molar-refractivity contribution in [2.24, 2.45) is 5.41 Å². The van der Waals surface area contributed by atoms with Gasteiger partial charge >= 0.3 is 6.09 Å². The predicted octanol–water partition coefficient (Wildman–Crippen LogP) is 3.07. The third kappa shape index (κ3) is 7.02. The van der Waals surface area contributed by atoms with E-state index in [1.54, 1.807) is 35.9 Å². The number of rotatable bonds is 7. The first kappa shape index (κ1) is 29.8.